The Hall–Kier alpha value is -0.300. The largest absolute Gasteiger partial charge is 1.00 e. The van der Waals surface area contributed by atoms with E-state index >= 15 is 0 Å². The van der Waals surface area contributed by atoms with E-state index in [0.29, 0.717) is 0 Å². The summed E-state index contributed by atoms with van der Waals surface area (Å²) in [6.07, 6.45) is -49.5. The molecule has 0 bridgehead atoms. The SMILES string of the molecule is CC1OC(CO)[C@@H](O[C@@H]2OC(CO)[C@H](O)[C@H](O[C@]3(C(=O)[O-])C[C@@H](O)[C@@H](C)C([C@H](O)[C@H](O)CO)O3)C2O)[C@H](O)C1O.C[C@H]1C([C@H](O)[C@H](O)CO)O[C@@](OCC2O[C@@H](O[C@@H]3C(CO)OC(O)C(O)[C@H]3O)C(O)[C@@H](O)[C@H]2O)(C(=O)[O-])C[C@H]1O.[Na+].[Na+]. The minimum absolute atomic E-state index is 0. The van der Waals surface area contributed by atoms with Gasteiger partial charge in [0.2, 0.25) is 11.6 Å². The van der Waals surface area contributed by atoms with Crippen molar-refractivity contribution in [3.8, 4) is 0 Å². The van der Waals surface area contributed by atoms with Crippen molar-refractivity contribution in [2.45, 2.75) is 217 Å². The second-order valence-electron chi connectivity index (χ2n) is 20.6. The summed E-state index contributed by atoms with van der Waals surface area (Å²) in [5.74, 6) is -11.8. The maximum Gasteiger partial charge on any atom is 1.00 e. The van der Waals surface area contributed by atoms with Gasteiger partial charge >= 0.3 is 59.1 Å². The minimum atomic E-state index is -2.94. The molecule has 32 atom stereocenters. The molecular formula is C45H76Na2O35. The first-order valence-electron chi connectivity index (χ1n) is 25.4. The Balaban J connectivity index is 0.000000420. The van der Waals surface area contributed by atoms with E-state index in [1.807, 2.05) is 0 Å². The molecule has 0 radical (unpaired) electrons. The Bertz CT molecular complexity index is 1940. The van der Waals surface area contributed by atoms with E-state index in [9.17, 15) is 122 Å². The van der Waals surface area contributed by atoms with E-state index in [4.69, 9.17) is 52.5 Å². The average molecular weight is 1220 g/mol. The molecule has 6 aliphatic rings. The molecule has 6 fully saturated rings. The molecule has 21 N–H and O–H groups in total. The zero-order valence-electron chi connectivity index (χ0n) is 45.1. The van der Waals surface area contributed by atoms with E-state index in [1.165, 1.54) is 20.8 Å². The second-order valence-corrected chi connectivity index (χ2v) is 20.6. The van der Waals surface area contributed by atoms with Crippen molar-refractivity contribution in [2.24, 2.45) is 11.8 Å². The van der Waals surface area contributed by atoms with Gasteiger partial charge in [0.05, 0.1) is 70.2 Å². The first-order valence-corrected chi connectivity index (χ1v) is 25.4. The Morgan fingerprint density at radius 3 is 1.39 bits per heavy atom. The zero-order chi connectivity index (χ0) is 60.2. The Kier molecular flexibility index (Phi) is 30.0. The second kappa shape index (κ2) is 32.4. The predicted octanol–water partition coefficient (Wildman–Crippen LogP) is -21.8. The van der Waals surface area contributed by atoms with Gasteiger partial charge in [-0.15, -0.1) is 0 Å². The summed E-state index contributed by atoms with van der Waals surface area (Å²) in [5.41, 5.74) is 0. The molecule has 0 amide bonds. The summed E-state index contributed by atoms with van der Waals surface area (Å²) >= 11 is 0. The van der Waals surface area contributed by atoms with Crippen LogP contribution in [0.3, 0.4) is 0 Å². The van der Waals surface area contributed by atoms with Gasteiger partial charge in [-0.25, -0.2) is 0 Å². The van der Waals surface area contributed by atoms with E-state index in [0.717, 1.165) is 0 Å². The first kappa shape index (κ1) is 75.9. The van der Waals surface area contributed by atoms with Crippen molar-refractivity contribution in [1.82, 2.24) is 0 Å². The van der Waals surface area contributed by atoms with Crippen LogP contribution in [0.2, 0.25) is 0 Å². The third-order valence-electron chi connectivity index (χ3n) is 15.1. The van der Waals surface area contributed by atoms with Crippen LogP contribution < -0.4 is 69.3 Å². The van der Waals surface area contributed by atoms with Gasteiger partial charge in [0.25, 0.3) is 0 Å². The van der Waals surface area contributed by atoms with E-state index in [1.54, 1.807) is 0 Å². The predicted molar refractivity (Wildman–Crippen MR) is 241 cm³/mol. The van der Waals surface area contributed by atoms with Crippen molar-refractivity contribution < 1.29 is 234 Å². The van der Waals surface area contributed by atoms with Crippen LogP contribution in [-0.4, -0.2) is 342 Å². The molecule has 35 nitrogen and oxygen atoms in total. The Morgan fingerprint density at radius 2 is 0.927 bits per heavy atom. The summed E-state index contributed by atoms with van der Waals surface area (Å²) in [6, 6.07) is 0. The molecule has 0 aromatic carbocycles. The minimum Gasteiger partial charge on any atom is -0.544 e. The third kappa shape index (κ3) is 16.6. The summed E-state index contributed by atoms with van der Waals surface area (Å²) in [6.45, 7) is -0.987. The third-order valence-corrected chi connectivity index (χ3v) is 15.1. The van der Waals surface area contributed by atoms with Crippen LogP contribution in [0.15, 0.2) is 0 Å². The molecule has 82 heavy (non-hydrogen) atoms. The molecule has 0 aromatic rings. The Morgan fingerprint density at radius 1 is 0.500 bits per heavy atom. The van der Waals surface area contributed by atoms with Crippen LogP contribution in [0.1, 0.15) is 33.6 Å². The molecule has 0 aromatic heterocycles. The molecule has 6 aliphatic heterocycles. The van der Waals surface area contributed by atoms with E-state index < -0.39 is 259 Å². The molecule has 6 rings (SSSR count). The maximum absolute atomic E-state index is 12.3. The number of carboxylic acids is 2. The number of carboxylic acid groups (broad SMARTS) is 2. The summed E-state index contributed by atoms with van der Waals surface area (Å²) in [5, 5.41) is 237. The summed E-state index contributed by atoms with van der Waals surface area (Å²) in [7, 11) is 0. The van der Waals surface area contributed by atoms with Crippen LogP contribution in [0.4, 0.5) is 0 Å². The van der Waals surface area contributed by atoms with E-state index in [-0.39, 0.29) is 59.1 Å². The molecule has 0 spiro atoms. The smallest absolute Gasteiger partial charge is 0.544 e. The van der Waals surface area contributed by atoms with Crippen molar-refractivity contribution in [2.75, 3.05) is 39.6 Å². The number of ether oxygens (including phenoxy) is 10. The topological polar surface area (TPSA) is 597 Å². The fraction of sp³-hybridized carbons (Fsp3) is 0.956. The average Bonchev–Trinajstić information content (AvgIpc) is 3.43. The molecule has 0 saturated carbocycles. The quantitative estimate of drug-likeness (QED) is 0.0503. The van der Waals surface area contributed by atoms with Crippen molar-refractivity contribution in [1.29, 1.82) is 0 Å². The van der Waals surface area contributed by atoms with Gasteiger partial charge < -0.3 is 174 Å². The van der Waals surface area contributed by atoms with Crippen LogP contribution in [0.25, 0.3) is 0 Å². The number of hydrogen-bond donors (Lipinski definition) is 21. The van der Waals surface area contributed by atoms with Crippen molar-refractivity contribution in [3.63, 3.8) is 0 Å². The van der Waals surface area contributed by atoms with Crippen molar-refractivity contribution >= 4 is 11.9 Å². The summed E-state index contributed by atoms with van der Waals surface area (Å²) < 4.78 is 54.0. The number of aliphatic hydroxyl groups is 21. The number of rotatable bonds is 20. The molecular weight excluding hydrogens is 1150 g/mol. The number of carbonyl (C=O) groups is 2. The standard InChI is InChI=1S/C23H40O17.C22H38O18.2Na/c1-7-9(27)3-23(22(34)35,39-18(7)14(30)10(28)4-24)40-20-15(31)11(5-25)37-21(17(20)33)38-19-12(6-26)36-8(2)13(29)16(19)32;1-6-7(25)2-22(21(34)35,40-17(6)11(27)8(26)3-23)36-5-10-12(28)13(29)16(32)20(38-10)39-18-9(4-24)37-19(33)15(31)14(18)30;;/h7-21,24-33H,3-6H2,1-2H3,(H,34,35);6-20,23-33H,2-5H2,1H3,(H,34,35);;/q;;2*+1/p-2/t7-,8?,9-,10-,11?,12?,13?,14-,15+,16-,17?,18?,19-,20+,21+,23+;6-,7-,8-,9?,10?,11-,12+,13+,14-,15?,16?,17?,18-,19?,20+,22-;;/m11../s1. The van der Waals surface area contributed by atoms with Gasteiger partial charge in [-0.05, 0) is 6.92 Å². The number of aliphatic carboxylic acids is 2. The van der Waals surface area contributed by atoms with Gasteiger partial charge in [0.1, 0.15) is 134 Å². The molecule has 6 saturated heterocycles. The number of aliphatic hydroxyl groups excluding tert-OH is 21. The molecule has 12 unspecified atom stereocenters. The molecule has 6 heterocycles. The van der Waals surface area contributed by atoms with E-state index in [2.05, 4.69) is 0 Å². The fourth-order valence-corrected chi connectivity index (χ4v) is 9.96. The van der Waals surface area contributed by atoms with Crippen LogP contribution in [0.5, 0.6) is 0 Å². The van der Waals surface area contributed by atoms with Crippen molar-refractivity contribution in [3.05, 3.63) is 0 Å². The first-order chi connectivity index (χ1) is 37.4. The Labute approximate surface area is 510 Å². The van der Waals surface area contributed by atoms with Gasteiger partial charge in [-0.1, -0.05) is 13.8 Å². The van der Waals surface area contributed by atoms with Gasteiger partial charge in [0.15, 0.2) is 18.9 Å². The van der Waals surface area contributed by atoms with Gasteiger partial charge in [-0.2, -0.15) is 0 Å². The maximum atomic E-state index is 12.3. The molecule has 37 heteroatoms. The van der Waals surface area contributed by atoms with Gasteiger partial charge in [-0.3, -0.25) is 0 Å². The van der Waals surface area contributed by atoms with Crippen LogP contribution in [-0.2, 0) is 57.0 Å². The fourth-order valence-electron chi connectivity index (χ4n) is 9.96. The molecule has 0 aliphatic carbocycles. The monoisotopic (exact) mass is 1220 g/mol. The zero-order valence-corrected chi connectivity index (χ0v) is 49.1. The normalized spacial score (nSPS) is 46.8. The molecule has 468 valence electrons. The van der Waals surface area contributed by atoms with Gasteiger partial charge in [0, 0.05) is 24.7 Å². The number of hydrogen-bond acceptors (Lipinski definition) is 35. The number of carbonyl (C=O) groups excluding carboxylic acids is 2. The van der Waals surface area contributed by atoms with Crippen LogP contribution >= 0.6 is 0 Å². The summed E-state index contributed by atoms with van der Waals surface area (Å²) in [4.78, 5) is 24.4. The van der Waals surface area contributed by atoms with Crippen LogP contribution in [0, 0.1) is 11.8 Å².